The molecule has 0 aromatic heterocycles. The summed E-state index contributed by atoms with van der Waals surface area (Å²) in [6.45, 7) is 0. The number of methoxy groups -OCH3 is 8. The van der Waals surface area contributed by atoms with Gasteiger partial charge >= 0.3 is 0 Å². The predicted molar refractivity (Wildman–Crippen MR) is 184 cm³/mol. The summed E-state index contributed by atoms with van der Waals surface area (Å²) in [5.41, 5.74) is 0. The monoisotopic (exact) mass is 618 g/mol. The van der Waals surface area contributed by atoms with Gasteiger partial charge in [0, 0.05) is 64.6 Å². The molecule has 7 aromatic rings. The van der Waals surface area contributed by atoms with Gasteiger partial charge in [0.15, 0.2) is 11.5 Å². The maximum absolute atomic E-state index is 6.12. The molecule has 234 valence electrons. The first-order valence-electron chi connectivity index (χ1n) is 14.7. The molecule has 0 aliphatic carbocycles. The van der Waals surface area contributed by atoms with E-state index in [-0.39, 0.29) is 0 Å². The lowest BCUT2D eigenvalue weighted by Crippen LogP contribution is -1.98. The molecule has 0 radical (unpaired) electrons. The Labute approximate surface area is 265 Å². The fraction of sp³-hybridized carbons (Fsp3) is 0.211. The summed E-state index contributed by atoms with van der Waals surface area (Å²) in [5.74, 6) is 5.40. The van der Waals surface area contributed by atoms with Gasteiger partial charge in [0.25, 0.3) is 0 Å². The maximum Gasteiger partial charge on any atom is 0.169 e. The number of ether oxygens (including phenoxy) is 8. The third-order valence-corrected chi connectivity index (χ3v) is 9.00. The number of fused-ring (bicyclic) bond motifs is 11. The van der Waals surface area contributed by atoms with Crippen LogP contribution in [0.25, 0.3) is 64.6 Å². The van der Waals surface area contributed by atoms with Crippen LogP contribution < -0.4 is 37.9 Å². The van der Waals surface area contributed by atoms with Gasteiger partial charge in [-0.2, -0.15) is 0 Å². The van der Waals surface area contributed by atoms with Crippen LogP contribution in [0, 0.1) is 0 Å². The fourth-order valence-electron chi connectivity index (χ4n) is 7.10. The first-order chi connectivity index (χ1) is 22.5. The molecule has 46 heavy (non-hydrogen) atoms. The normalized spacial score (nSPS) is 11.5. The Hall–Kier alpha value is -5.50. The summed E-state index contributed by atoms with van der Waals surface area (Å²) >= 11 is 0. The van der Waals surface area contributed by atoms with Crippen LogP contribution >= 0.6 is 0 Å². The van der Waals surface area contributed by atoms with Gasteiger partial charge < -0.3 is 37.9 Å². The van der Waals surface area contributed by atoms with E-state index in [2.05, 4.69) is 24.3 Å². The molecule has 8 nitrogen and oxygen atoms in total. The van der Waals surface area contributed by atoms with Crippen LogP contribution in [-0.4, -0.2) is 56.9 Å². The van der Waals surface area contributed by atoms with Gasteiger partial charge in [0.05, 0.1) is 56.9 Å². The van der Waals surface area contributed by atoms with Gasteiger partial charge in [-0.25, -0.2) is 0 Å². The van der Waals surface area contributed by atoms with Crippen molar-refractivity contribution in [2.24, 2.45) is 0 Å². The predicted octanol–water partition coefficient (Wildman–Crippen LogP) is 8.67. The second kappa shape index (κ2) is 11.1. The van der Waals surface area contributed by atoms with Crippen LogP contribution in [0.15, 0.2) is 60.7 Å². The standard InChI is InChI=1S/C38H34O8/c1-39-25-13-15-27(41-3)31-23(25)17-29(43-5)19-9-11-21-35(33(19)31)36-22(38(46-8)37(21)45-7)12-10-20-30(44-6)18-24-26(40-2)14-16-28(42-4)32(24)34(20)36/h9-18H,1-8H3. The van der Waals surface area contributed by atoms with Crippen molar-refractivity contribution in [2.75, 3.05) is 56.9 Å². The summed E-state index contributed by atoms with van der Waals surface area (Å²) in [6, 6.07) is 19.9. The number of hydrogen-bond donors (Lipinski definition) is 0. The van der Waals surface area contributed by atoms with E-state index in [0.29, 0.717) is 46.0 Å². The molecule has 0 atom stereocenters. The highest BCUT2D eigenvalue weighted by atomic mass is 16.5. The summed E-state index contributed by atoms with van der Waals surface area (Å²) in [5, 5.41) is 10.6. The van der Waals surface area contributed by atoms with Crippen LogP contribution in [0.5, 0.6) is 46.0 Å². The number of rotatable bonds is 8. The van der Waals surface area contributed by atoms with E-state index >= 15 is 0 Å². The van der Waals surface area contributed by atoms with Gasteiger partial charge in [0.1, 0.15) is 34.5 Å². The van der Waals surface area contributed by atoms with Crippen molar-refractivity contribution in [3.05, 3.63) is 60.7 Å². The lowest BCUT2D eigenvalue weighted by Gasteiger charge is -2.22. The van der Waals surface area contributed by atoms with Crippen LogP contribution in [0.2, 0.25) is 0 Å². The first-order valence-corrected chi connectivity index (χ1v) is 14.7. The molecule has 0 heterocycles. The fourth-order valence-corrected chi connectivity index (χ4v) is 7.10. The highest BCUT2D eigenvalue weighted by Gasteiger charge is 2.26. The van der Waals surface area contributed by atoms with Gasteiger partial charge in [0.2, 0.25) is 0 Å². The minimum Gasteiger partial charge on any atom is -0.496 e. The molecule has 7 aromatic carbocycles. The van der Waals surface area contributed by atoms with Crippen molar-refractivity contribution in [2.45, 2.75) is 0 Å². The first kappa shape index (κ1) is 29.2. The largest absolute Gasteiger partial charge is 0.496 e. The quantitative estimate of drug-likeness (QED) is 0.157. The molecular weight excluding hydrogens is 584 g/mol. The molecule has 0 fully saturated rings. The highest BCUT2D eigenvalue weighted by Crippen LogP contribution is 2.54. The molecule has 7 rings (SSSR count). The minimum atomic E-state index is 0.612. The lowest BCUT2D eigenvalue weighted by atomic mass is 9.87. The third-order valence-electron chi connectivity index (χ3n) is 9.00. The topological polar surface area (TPSA) is 73.8 Å². The van der Waals surface area contributed by atoms with Crippen LogP contribution in [0.3, 0.4) is 0 Å². The van der Waals surface area contributed by atoms with Crippen LogP contribution in [0.1, 0.15) is 0 Å². The summed E-state index contributed by atoms with van der Waals surface area (Å²) in [4.78, 5) is 0. The van der Waals surface area contributed by atoms with Crippen molar-refractivity contribution in [1.82, 2.24) is 0 Å². The van der Waals surface area contributed by atoms with Gasteiger partial charge in [-0.1, -0.05) is 0 Å². The molecule has 0 saturated carbocycles. The van der Waals surface area contributed by atoms with Gasteiger partial charge in [-0.3, -0.25) is 0 Å². The number of hydrogen-bond acceptors (Lipinski definition) is 8. The van der Waals surface area contributed by atoms with E-state index in [1.807, 2.05) is 36.4 Å². The van der Waals surface area contributed by atoms with Crippen molar-refractivity contribution in [3.8, 4) is 46.0 Å². The van der Waals surface area contributed by atoms with Crippen molar-refractivity contribution >= 4 is 64.6 Å². The molecule has 0 unspecified atom stereocenters. The van der Waals surface area contributed by atoms with E-state index in [1.54, 1.807) is 56.9 Å². The Morgan fingerprint density at radius 3 is 0.891 bits per heavy atom. The Bertz CT molecular complexity index is 2190. The van der Waals surface area contributed by atoms with Crippen molar-refractivity contribution < 1.29 is 37.9 Å². The zero-order chi connectivity index (χ0) is 32.3. The van der Waals surface area contributed by atoms with Crippen molar-refractivity contribution in [3.63, 3.8) is 0 Å². The molecule has 0 spiro atoms. The third kappa shape index (κ3) is 3.86. The molecule has 0 amide bonds. The Morgan fingerprint density at radius 1 is 0.261 bits per heavy atom. The second-order valence-corrected chi connectivity index (χ2v) is 10.8. The second-order valence-electron chi connectivity index (χ2n) is 10.8. The van der Waals surface area contributed by atoms with Gasteiger partial charge in [-0.05, 0) is 60.7 Å². The van der Waals surface area contributed by atoms with Crippen LogP contribution in [-0.2, 0) is 0 Å². The smallest absolute Gasteiger partial charge is 0.169 e. The summed E-state index contributed by atoms with van der Waals surface area (Å²) in [7, 11) is 13.3. The summed E-state index contributed by atoms with van der Waals surface area (Å²) < 4.78 is 48.1. The Balaban J connectivity index is 1.96. The van der Waals surface area contributed by atoms with E-state index in [9.17, 15) is 0 Å². The van der Waals surface area contributed by atoms with Crippen molar-refractivity contribution in [1.29, 1.82) is 0 Å². The van der Waals surface area contributed by atoms with Crippen LogP contribution in [0.4, 0.5) is 0 Å². The van der Waals surface area contributed by atoms with E-state index in [4.69, 9.17) is 37.9 Å². The van der Waals surface area contributed by atoms with E-state index in [0.717, 1.165) is 64.6 Å². The number of benzene rings is 7. The van der Waals surface area contributed by atoms with Gasteiger partial charge in [-0.15, -0.1) is 0 Å². The van der Waals surface area contributed by atoms with E-state index < -0.39 is 0 Å². The molecule has 0 bridgehead atoms. The molecule has 0 N–H and O–H groups in total. The molecule has 0 aliphatic rings. The zero-order valence-electron chi connectivity index (χ0n) is 27.0. The Morgan fingerprint density at radius 2 is 0.565 bits per heavy atom. The zero-order valence-corrected chi connectivity index (χ0v) is 27.0. The SMILES string of the molecule is COc1ccc(OC)c2c1cc(OC)c1ccc3c(OC)c(OC)c4ccc5c(OC)cc6c(OC)ccc(OC)c6c5c4c3c12. The minimum absolute atomic E-state index is 0.612. The highest BCUT2D eigenvalue weighted by molar-refractivity contribution is 6.39. The Kier molecular flexibility index (Phi) is 7.08. The maximum atomic E-state index is 6.12. The average molecular weight is 619 g/mol. The molecule has 8 heteroatoms. The molecule has 0 aliphatic heterocycles. The average Bonchev–Trinajstić information content (AvgIpc) is 3.11. The van der Waals surface area contributed by atoms with E-state index in [1.165, 1.54) is 0 Å². The molecular formula is C38H34O8. The summed E-state index contributed by atoms with van der Waals surface area (Å²) in [6.07, 6.45) is 0. The molecule has 0 saturated heterocycles. The lowest BCUT2D eigenvalue weighted by molar-refractivity contribution is 0.362.